The van der Waals surface area contributed by atoms with Gasteiger partial charge in [-0.15, -0.1) is 0 Å². The Morgan fingerprint density at radius 1 is 1.47 bits per heavy atom. The van der Waals surface area contributed by atoms with Gasteiger partial charge in [0.25, 0.3) is 0 Å². The van der Waals surface area contributed by atoms with Crippen LogP contribution in [-0.4, -0.2) is 28.3 Å². The SMILES string of the molecule is CCCn1ncc(Cl)c1C(=O)C(OCC)C(C)(C)C. The maximum Gasteiger partial charge on any atom is 0.211 e. The fourth-order valence-electron chi connectivity index (χ4n) is 2.00. The first-order chi connectivity index (χ1) is 8.82. The number of hydrogen-bond acceptors (Lipinski definition) is 3. The Bertz CT molecular complexity index is 435. The van der Waals surface area contributed by atoms with Crippen LogP contribution in [0.25, 0.3) is 0 Å². The van der Waals surface area contributed by atoms with E-state index in [2.05, 4.69) is 5.10 Å². The van der Waals surface area contributed by atoms with Crippen molar-refractivity contribution < 1.29 is 9.53 Å². The van der Waals surface area contributed by atoms with Crippen LogP contribution in [0.1, 0.15) is 51.5 Å². The minimum absolute atomic E-state index is 0.0923. The van der Waals surface area contributed by atoms with Crippen molar-refractivity contribution in [3.8, 4) is 0 Å². The second-order valence-electron chi connectivity index (χ2n) is 5.63. The third-order valence-corrected chi connectivity index (χ3v) is 3.10. The predicted octanol–water partition coefficient (Wildman–Crippen LogP) is 3.58. The molecule has 0 N–H and O–H groups in total. The monoisotopic (exact) mass is 286 g/mol. The summed E-state index contributed by atoms with van der Waals surface area (Å²) in [6.07, 6.45) is 1.91. The lowest BCUT2D eigenvalue weighted by molar-refractivity contribution is -0.000927. The number of carbonyl (C=O) groups excluding carboxylic acids is 1. The van der Waals surface area contributed by atoms with Crippen LogP contribution in [0.5, 0.6) is 0 Å². The summed E-state index contributed by atoms with van der Waals surface area (Å²) in [5.41, 5.74) is 0.175. The summed E-state index contributed by atoms with van der Waals surface area (Å²) in [5, 5.41) is 4.56. The summed E-state index contributed by atoms with van der Waals surface area (Å²) in [4.78, 5) is 12.7. The maximum absolute atomic E-state index is 12.7. The van der Waals surface area contributed by atoms with Crippen LogP contribution in [0.15, 0.2) is 6.20 Å². The number of hydrogen-bond donors (Lipinski definition) is 0. The second kappa shape index (κ2) is 6.53. The van der Waals surface area contributed by atoms with Crippen molar-refractivity contribution in [3.05, 3.63) is 16.9 Å². The van der Waals surface area contributed by atoms with Gasteiger partial charge in [-0.3, -0.25) is 9.48 Å². The second-order valence-corrected chi connectivity index (χ2v) is 6.04. The minimum atomic E-state index is -0.512. The highest BCUT2D eigenvalue weighted by molar-refractivity contribution is 6.33. The molecule has 108 valence electrons. The lowest BCUT2D eigenvalue weighted by atomic mass is 9.85. The van der Waals surface area contributed by atoms with Gasteiger partial charge < -0.3 is 4.74 Å². The zero-order valence-electron chi connectivity index (χ0n) is 12.4. The van der Waals surface area contributed by atoms with E-state index in [1.54, 1.807) is 4.68 Å². The van der Waals surface area contributed by atoms with Crippen LogP contribution in [0, 0.1) is 5.41 Å². The fourth-order valence-corrected chi connectivity index (χ4v) is 2.23. The Labute approximate surface area is 120 Å². The molecule has 0 spiro atoms. The van der Waals surface area contributed by atoms with Crippen LogP contribution in [0.3, 0.4) is 0 Å². The minimum Gasteiger partial charge on any atom is -0.370 e. The van der Waals surface area contributed by atoms with Crippen molar-refractivity contribution in [1.82, 2.24) is 9.78 Å². The third kappa shape index (κ3) is 3.80. The number of ketones is 1. The highest BCUT2D eigenvalue weighted by Gasteiger charge is 2.35. The van der Waals surface area contributed by atoms with Crippen molar-refractivity contribution in [2.24, 2.45) is 5.41 Å². The predicted molar refractivity (Wildman–Crippen MR) is 76.7 cm³/mol. The molecule has 0 saturated carbocycles. The normalized spacial score (nSPS) is 13.6. The van der Waals surface area contributed by atoms with E-state index in [9.17, 15) is 4.79 Å². The molecule has 5 heteroatoms. The van der Waals surface area contributed by atoms with Crippen LogP contribution < -0.4 is 0 Å². The van der Waals surface area contributed by atoms with E-state index < -0.39 is 6.10 Å². The van der Waals surface area contributed by atoms with Gasteiger partial charge in [0, 0.05) is 13.2 Å². The third-order valence-electron chi connectivity index (χ3n) is 2.82. The molecule has 0 aliphatic carbocycles. The number of rotatable bonds is 6. The Morgan fingerprint density at radius 3 is 2.58 bits per heavy atom. The van der Waals surface area contributed by atoms with Crippen LogP contribution in [0.4, 0.5) is 0 Å². The maximum atomic E-state index is 12.7. The van der Waals surface area contributed by atoms with E-state index in [0.717, 1.165) is 6.42 Å². The molecular weight excluding hydrogens is 264 g/mol. The molecule has 0 amide bonds. The first-order valence-electron chi connectivity index (χ1n) is 6.70. The van der Waals surface area contributed by atoms with Gasteiger partial charge in [0.1, 0.15) is 11.8 Å². The summed E-state index contributed by atoms with van der Waals surface area (Å²) in [7, 11) is 0. The Kier molecular flexibility index (Phi) is 5.56. The van der Waals surface area contributed by atoms with Gasteiger partial charge in [0.05, 0.1) is 11.2 Å². The van der Waals surface area contributed by atoms with Crippen molar-refractivity contribution in [1.29, 1.82) is 0 Å². The van der Waals surface area contributed by atoms with E-state index in [-0.39, 0.29) is 11.2 Å². The summed E-state index contributed by atoms with van der Waals surface area (Å²) in [5.74, 6) is -0.0923. The quantitative estimate of drug-likeness (QED) is 0.751. The molecule has 4 nitrogen and oxygen atoms in total. The van der Waals surface area contributed by atoms with Crippen LogP contribution in [-0.2, 0) is 11.3 Å². The molecule has 0 radical (unpaired) electrons. The van der Waals surface area contributed by atoms with Crippen LogP contribution in [0.2, 0.25) is 5.02 Å². The Hall–Kier alpha value is -0.870. The van der Waals surface area contributed by atoms with Gasteiger partial charge in [-0.1, -0.05) is 39.3 Å². The van der Waals surface area contributed by atoms with Gasteiger partial charge in [0.2, 0.25) is 5.78 Å². The van der Waals surface area contributed by atoms with Gasteiger partial charge in [0.15, 0.2) is 0 Å². The molecule has 1 aromatic heterocycles. The van der Waals surface area contributed by atoms with Crippen molar-refractivity contribution in [2.75, 3.05) is 6.61 Å². The van der Waals surface area contributed by atoms with Gasteiger partial charge in [-0.2, -0.15) is 5.10 Å². The van der Waals surface area contributed by atoms with E-state index in [1.807, 2.05) is 34.6 Å². The van der Waals surface area contributed by atoms with Crippen molar-refractivity contribution >= 4 is 17.4 Å². The molecule has 0 fully saturated rings. The molecule has 1 aromatic rings. The molecule has 0 bridgehead atoms. The molecule has 19 heavy (non-hydrogen) atoms. The Morgan fingerprint density at radius 2 is 2.11 bits per heavy atom. The number of aryl methyl sites for hydroxylation is 1. The van der Waals surface area contributed by atoms with Gasteiger partial charge in [-0.25, -0.2) is 0 Å². The van der Waals surface area contributed by atoms with Crippen LogP contribution >= 0.6 is 11.6 Å². The molecule has 1 unspecified atom stereocenters. The largest absolute Gasteiger partial charge is 0.370 e. The first-order valence-corrected chi connectivity index (χ1v) is 7.07. The number of aromatic nitrogens is 2. The molecule has 0 saturated heterocycles. The highest BCUT2D eigenvalue weighted by Crippen LogP contribution is 2.28. The summed E-state index contributed by atoms with van der Waals surface area (Å²) in [6.45, 7) is 11.0. The molecule has 1 heterocycles. The molecule has 1 rings (SSSR count). The van der Waals surface area contributed by atoms with Gasteiger partial charge >= 0.3 is 0 Å². The number of nitrogens with zero attached hydrogens (tertiary/aromatic N) is 2. The average Bonchev–Trinajstić information content (AvgIpc) is 2.66. The number of carbonyl (C=O) groups is 1. The number of ether oxygens (including phenoxy) is 1. The topological polar surface area (TPSA) is 44.1 Å². The standard InChI is InChI=1S/C14H23ClN2O2/c1-6-8-17-11(10(15)9-16-17)12(18)13(19-7-2)14(3,4)5/h9,13H,6-8H2,1-5H3. The summed E-state index contributed by atoms with van der Waals surface area (Å²) >= 11 is 6.11. The van der Waals surface area contributed by atoms with E-state index in [4.69, 9.17) is 16.3 Å². The first kappa shape index (κ1) is 16.2. The number of halogens is 1. The molecule has 0 aliphatic rings. The fraction of sp³-hybridized carbons (Fsp3) is 0.714. The molecule has 1 atom stereocenters. The highest BCUT2D eigenvalue weighted by atomic mass is 35.5. The van der Waals surface area contributed by atoms with E-state index in [1.165, 1.54) is 6.20 Å². The van der Waals surface area contributed by atoms with Gasteiger partial charge in [-0.05, 0) is 18.8 Å². The molecular formula is C14H23ClN2O2. The summed E-state index contributed by atoms with van der Waals surface area (Å²) < 4.78 is 7.30. The van der Waals surface area contributed by atoms with Crippen molar-refractivity contribution in [3.63, 3.8) is 0 Å². The number of Topliss-reactive ketones (excluding diaryl/α,β-unsaturated/α-hetero) is 1. The molecule has 0 aliphatic heterocycles. The van der Waals surface area contributed by atoms with Crippen molar-refractivity contribution in [2.45, 2.75) is 53.7 Å². The molecule has 0 aromatic carbocycles. The van der Waals surface area contributed by atoms with E-state index >= 15 is 0 Å². The smallest absolute Gasteiger partial charge is 0.211 e. The zero-order chi connectivity index (χ0) is 14.6. The lowest BCUT2D eigenvalue weighted by Gasteiger charge is -2.29. The van der Waals surface area contributed by atoms with E-state index in [0.29, 0.717) is 23.9 Å². The lowest BCUT2D eigenvalue weighted by Crippen LogP contribution is -2.38. The zero-order valence-corrected chi connectivity index (χ0v) is 13.1. The Balaban J connectivity index is 3.12. The summed E-state index contributed by atoms with van der Waals surface area (Å²) in [6, 6.07) is 0. The average molecular weight is 287 g/mol.